The third-order valence-corrected chi connectivity index (χ3v) is 3.68. The maximum atomic E-state index is 4.38. The number of rotatable bonds is 4. The number of aromatic nitrogens is 2. The number of hydrogen-bond acceptors (Lipinski definition) is 5. The second-order valence-electron chi connectivity index (χ2n) is 4.83. The summed E-state index contributed by atoms with van der Waals surface area (Å²) in [5.41, 5.74) is 0. The van der Waals surface area contributed by atoms with Crippen LogP contribution < -0.4 is 4.90 Å². The van der Waals surface area contributed by atoms with Crippen molar-refractivity contribution in [2.75, 3.05) is 58.3 Å². The van der Waals surface area contributed by atoms with E-state index in [1.807, 2.05) is 12.4 Å². The van der Waals surface area contributed by atoms with Gasteiger partial charge in [-0.3, -0.25) is 4.90 Å². The maximum Gasteiger partial charge on any atom is 0.225 e. The standard InChI is InChI=1S/C12H20IN5/c1-16(2)3-4-17-5-7-18(8-6-17)12-14-9-11(13)10-15-12/h9-10H,3-8H2,1-2H3. The first-order valence-corrected chi connectivity index (χ1v) is 7.32. The molecule has 0 saturated carbocycles. The Hall–Kier alpha value is -0.470. The molecule has 0 amide bonds. The Morgan fingerprint density at radius 3 is 2.33 bits per heavy atom. The highest BCUT2D eigenvalue weighted by Crippen LogP contribution is 2.11. The van der Waals surface area contributed by atoms with Gasteiger partial charge in [0, 0.05) is 55.2 Å². The Bertz CT molecular complexity index is 359. The van der Waals surface area contributed by atoms with E-state index in [1.54, 1.807) is 0 Å². The summed E-state index contributed by atoms with van der Waals surface area (Å²) in [6.45, 7) is 6.52. The molecule has 0 spiro atoms. The summed E-state index contributed by atoms with van der Waals surface area (Å²) in [5, 5.41) is 0. The molecule has 1 aliphatic heterocycles. The normalized spacial score (nSPS) is 17.4. The van der Waals surface area contributed by atoms with E-state index in [0.717, 1.165) is 48.8 Å². The average molecular weight is 361 g/mol. The van der Waals surface area contributed by atoms with Gasteiger partial charge in [-0.2, -0.15) is 0 Å². The number of likely N-dealkylation sites (N-methyl/N-ethyl adjacent to an activating group) is 1. The molecule has 2 heterocycles. The molecule has 0 aromatic carbocycles. The second kappa shape index (κ2) is 6.63. The Kier molecular flexibility index (Phi) is 5.13. The van der Waals surface area contributed by atoms with Crippen molar-refractivity contribution in [1.29, 1.82) is 0 Å². The highest BCUT2D eigenvalue weighted by Gasteiger charge is 2.18. The van der Waals surface area contributed by atoms with E-state index < -0.39 is 0 Å². The van der Waals surface area contributed by atoms with Crippen LogP contribution in [-0.4, -0.2) is 73.1 Å². The molecular formula is C12H20IN5. The highest BCUT2D eigenvalue weighted by atomic mass is 127. The van der Waals surface area contributed by atoms with E-state index in [2.05, 4.69) is 61.4 Å². The predicted octanol–water partition coefficient (Wildman–Crippen LogP) is 0.765. The van der Waals surface area contributed by atoms with Crippen molar-refractivity contribution in [3.05, 3.63) is 16.0 Å². The van der Waals surface area contributed by atoms with Crippen LogP contribution >= 0.6 is 22.6 Å². The Morgan fingerprint density at radius 1 is 1.17 bits per heavy atom. The Labute approximate surface area is 122 Å². The molecule has 2 rings (SSSR count). The van der Waals surface area contributed by atoms with Crippen molar-refractivity contribution in [2.24, 2.45) is 0 Å². The first-order valence-electron chi connectivity index (χ1n) is 6.25. The van der Waals surface area contributed by atoms with Crippen molar-refractivity contribution >= 4 is 28.5 Å². The minimum atomic E-state index is 0.864. The summed E-state index contributed by atoms with van der Waals surface area (Å²) >= 11 is 2.23. The fourth-order valence-corrected chi connectivity index (χ4v) is 2.26. The molecule has 5 nitrogen and oxygen atoms in total. The quantitative estimate of drug-likeness (QED) is 0.741. The van der Waals surface area contributed by atoms with Gasteiger partial charge in [-0.25, -0.2) is 9.97 Å². The van der Waals surface area contributed by atoms with Gasteiger partial charge in [0.1, 0.15) is 0 Å². The van der Waals surface area contributed by atoms with Crippen molar-refractivity contribution in [3.8, 4) is 0 Å². The van der Waals surface area contributed by atoms with Crippen LogP contribution in [0.15, 0.2) is 12.4 Å². The molecule has 0 radical (unpaired) electrons. The fourth-order valence-electron chi connectivity index (χ4n) is 1.98. The summed E-state index contributed by atoms with van der Waals surface area (Å²) in [6.07, 6.45) is 3.75. The lowest BCUT2D eigenvalue weighted by atomic mass is 10.3. The van der Waals surface area contributed by atoms with Gasteiger partial charge < -0.3 is 9.80 Å². The van der Waals surface area contributed by atoms with Crippen molar-refractivity contribution in [2.45, 2.75) is 0 Å². The largest absolute Gasteiger partial charge is 0.338 e. The number of hydrogen-bond donors (Lipinski definition) is 0. The minimum Gasteiger partial charge on any atom is -0.338 e. The lowest BCUT2D eigenvalue weighted by Gasteiger charge is -2.35. The zero-order valence-corrected chi connectivity index (χ0v) is 13.2. The number of anilines is 1. The van der Waals surface area contributed by atoms with E-state index >= 15 is 0 Å². The summed E-state index contributed by atoms with van der Waals surface area (Å²) in [6, 6.07) is 0. The molecule has 0 bridgehead atoms. The Morgan fingerprint density at radius 2 is 1.78 bits per heavy atom. The van der Waals surface area contributed by atoms with Gasteiger partial charge in [-0.15, -0.1) is 0 Å². The van der Waals surface area contributed by atoms with Gasteiger partial charge in [0.15, 0.2) is 0 Å². The average Bonchev–Trinajstić information content (AvgIpc) is 2.38. The molecule has 1 fully saturated rings. The van der Waals surface area contributed by atoms with Crippen LogP contribution in [0.2, 0.25) is 0 Å². The van der Waals surface area contributed by atoms with Crippen molar-refractivity contribution in [1.82, 2.24) is 19.8 Å². The summed E-state index contributed by atoms with van der Waals surface area (Å²) in [5.74, 6) is 0.864. The van der Waals surface area contributed by atoms with Crippen LogP contribution in [0, 0.1) is 3.57 Å². The molecule has 0 N–H and O–H groups in total. The molecule has 6 heteroatoms. The van der Waals surface area contributed by atoms with Crippen LogP contribution in [0.25, 0.3) is 0 Å². The maximum absolute atomic E-state index is 4.38. The first kappa shape index (κ1) is 14.0. The third-order valence-electron chi connectivity index (χ3n) is 3.13. The molecule has 0 atom stereocenters. The third kappa shape index (κ3) is 4.03. The van der Waals surface area contributed by atoms with Gasteiger partial charge in [0.25, 0.3) is 0 Å². The molecule has 18 heavy (non-hydrogen) atoms. The van der Waals surface area contributed by atoms with Crippen LogP contribution in [0.5, 0.6) is 0 Å². The smallest absolute Gasteiger partial charge is 0.225 e. The molecule has 0 unspecified atom stereocenters. The zero-order valence-electron chi connectivity index (χ0n) is 11.0. The topological polar surface area (TPSA) is 35.5 Å². The van der Waals surface area contributed by atoms with Crippen molar-refractivity contribution < 1.29 is 0 Å². The fraction of sp³-hybridized carbons (Fsp3) is 0.667. The van der Waals surface area contributed by atoms with Crippen molar-refractivity contribution in [3.63, 3.8) is 0 Å². The lowest BCUT2D eigenvalue weighted by Crippen LogP contribution is -2.48. The predicted molar refractivity (Wildman–Crippen MR) is 82.0 cm³/mol. The van der Waals surface area contributed by atoms with E-state index in [0.29, 0.717) is 0 Å². The van der Waals surface area contributed by atoms with Crippen LogP contribution in [0.3, 0.4) is 0 Å². The van der Waals surface area contributed by atoms with Gasteiger partial charge in [-0.05, 0) is 36.7 Å². The molecule has 1 aromatic rings. The molecule has 100 valence electrons. The summed E-state index contributed by atoms with van der Waals surface area (Å²) in [7, 11) is 4.24. The van der Waals surface area contributed by atoms with Gasteiger partial charge >= 0.3 is 0 Å². The lowest BCUT2D eigenvalue weighted by molar-refractivity contribution is 0.228. The van der Waals surface area contributed by atoms with E-state index in [1.165, 1.54) is 0 Å². The second-order valence-corrected chi connectivity index (χ2v) is 6.08. The Balaban J connectivity index is 1.81. The van der Waals surface area contributed by atoms with Gasteiger partial charge in [0.2, 0.25) is 5.95 Å². The monoisotopic (exact) mass is 361 g/mol. The van der Waals surface area contributed by atoms with Gasteiger partial charge in [-0.1, -0.05) is 0 Å². The molecule has 1 saturated heterocycles. The molecule has 0 aliphatic carbocycles. The van der Waals surface area contributed by atoms with Crippen LogP contribution in [-0.2, 0) is 0 Å². The minimum absolute atomic E-state index is 0.864. The van der Waals surface area contributed by atoms with E-state index in [9.17, 15) is 0 Å². The van der Waals surface area contributed by atoms with Crippen LogP contribution in [0.4, 0.5) is 5.95 Å². The van der Waals surface area contributed by atoms with E-state index in [4.69, 9.17) is 0 Å². The molecule has 1 aliphatic rings. The molecular weight excluding hydrogens is 341 g/mol. The molecule has 1 aromatic heterocycles. The highest BCUT2D eigenvalue weighted by molar-refractivity contribution is 14.1. The summed E-state index contributed by atoms with van der Waals surface area (Å²) in [4.78, 5) is 15.8. The number of piperazine rings is 1. The van der Waals surface area contributed by atoms with Gasteiger partial charge in [0.05, 0.1) is 0 Å². The van der Waals surface area contributed by atoms with E-state index in [-0.39, 0.29) is 0 Å². The van der Waals surface area contributed by atoms with Crippen LogP contribution in [0.1, 0.15) is 0 Å². The first-order chi connectivity index (χ1) is 8.65. The number of halogens is 1. The SMILES string of the molecule is CN(C)CCN1CCN(c2ncc(I)cn2)CC1. The number of nitrogens with zero attached hydrogens (tertiary/aromatic N) is 5. The zero-order chi connectivity index (χ0) is 13.0. The summed E-state index contributed by atoms with van der Waals surface area (Å²) < 4.78 is 1.08.